The summed E-state index contributed by atoms with van der Waals surface area (Å²) in [5, 5.41) is 12.2. The van der Waals surface area contributed by atoms with Crippen molar-refractivity contribution < 1.29 is 23.4 Å². The Morgan fingerprint density at radius 1 is 1.41 bits per heavy atom. The molecule has 22 heavy (non-hydrogen) atoms. The molecule has 5 nitrogen and oxygen atoms in total. The second kappa shape index (κ2) is 6.91. The van der Waals surface area contributed by atoms with Crippen LogP contribution in [0.2, 0.25) is 0 Å². The van der Waals surface area contributed by atoms with Crippen LogP contribution in [-0.2, 0) is 0 Å². The van der Waals surface area contributed by atoms with Crippen molar-refractivity contribution in [2.24, 2.45) is 5.92 Å². The molecule has 2 N–H and O–H groups in total. The van der Waals surface area contributed by atoms with Gasteiger partial charge in [0.1, 0.15) is 0 Å². The number of carbonyl (C=O) groups excluding carboxylic acids is 1. The average molecular weight is 314 g/mol. The molecular weight excluding hydrogens is 294 g/mol. The molecule has 0 bridgehead atoms. The molecule has 122 valence electrons. The normalized spacial score (nSPS) is 20.8. The van der Waals surface area contributed by atoms with Crippen molar-refractivity contribution in [3.63, 3.8) is 0 Å². The minimum atomic E-state index is -0.883. The van der Waals surface area contributed by atoms with Crippen molar-refractivity contribution in [2.75, 3.05) is 26.0 Å². The number of methoxy groups -OCH3 is 1. The maximum absolute atomic E-state index is 13.6. The number of nitrogens with one attached hydrogen (secondary N) is 1. The zero-order valence-corrected chi connectivity index (χ0v) is 12.6. The Balaban J connectivity index is 1.99. The minimum Gasteiger partial charge on any atom is -0.491 e. The van der Waals surface area contributed by atoms with Gasteiger partial charge in [0.25, 0.3) is 0 Å². The van der Waals surface area contributed by atoms with Crippen LogP contribution in [0.5, 0.6) is 5.75 Å². The van der Waals surface area contributed by atoms with Crippen LogP contribution in [-0.4, -0.2) is 42.8 Å². The van der Waals surface area contributed by atoms with Gasteiger partial charge in [-0.1, -0.05) is 6.42 Å². The average Bonchev–Trinajstić information content (AvgIpc) is 2.84. The molecule has 0 saturated heterocycles. The Bertz CT molecular complexity index is 531. The molecule has 0 aliphatic heterocycles. The van der Waals surface area contributed by atoms with E-state index in [1.54, 1.807) is 7.05 Å². The summed E-state index contributed by atoms with van der Waals surface area (Å²) in [6.07, 6.45) is 2.15. The van der Waals surface area contributed by atoms with Crippen molar-refractivity contribution in [1.82, 2.24) is 4.90 Å². The summed E-state index contributed by atoms with van der Waals surface area (Å²) in [6, 6.07) is 1.51. The van der Waals surface area contributed by atoms with Gasteiger partial charge in [-0.2, -0.15) is 0 Å². The number of ether oxygens (including phenoxy) is 1. The van der Waals surface area contributed by atoms with E-state index >= 15 is 0 Å². The molecule has 2 amide bonds. The van der Waals surface area contributed by atoms with Crippen molar-refractivity contribution >= 4 is 11.7 Å². The maximum Gasteiger partial charge on any atom is 0.321 e. The maximum atomic E-state index is 13.6. The van der Waals surface area contributed by atoms with E-state index in [2.05, 4.69) is 10.1 Å². The molecule has 0 heterocycles. The number of anilines is 1. The highest BCUT2D eigenvalue weighted by atomic mass is 19.1. The lowest BCUT2D eigenvalue weighted by molar-refractivity contribution is 0.116. The van der Waals surface area contributed by atoms with E-state index in [1.807, 2.05) is 0 Å². The van der Waals surface area contributed by atoms with Crippen molar-refractivity contribution in [3.05, 3.63) is 23.8 Å². The molecule has 1 aliphatic rings. The fourth-order valence-electron chi connectivity index (χ4n) is 2.71. The highest BCUT2D eigenvalue weighted by Crippen LogP contribution is 2.27. The van der Waals surface area contributed by atoms with Gasteiger partial charge in [-0.05, 0) is 12.8 Å². The molecule has 2 unspecified atom stereocenters. The van der Waals surface area contributed by atoms with Crippen molar-refractivity contribution in [3.8, 4) is 5.75 Å². The fourth-order valence-corrected chi connectivity index (χ4v) is 2.71. The molecule has 0 radical (unpaired) electrons. The molecule has 1 fully saturated rings. The quantitative estimate of drug-likeness (QED) is 0.898. The third kappa shape index (κ3) is 3.65. The van der Waals surface area contributed by atoms with Gasteiger partial charge in [0, 0.05) is 37.3 Å². The monoisotopic (exact) mass is 314 g/mol. The highest BCUT2D eigenvalue weighted by molar-refractivity contribution is 5.89. The largest absolute Gasteiger partial charge is 0.491 e. The zero-order valence-electron chi connectivity index (χ0n) is 12.6. The molecule has 0 spiro atoms. The van der Waals surface area contributed by atoms with Gasteiger partial charge in [0.05, 0.1) is 13.2 Å². The second-order valence-corrected chi connectivity index (χ2v) is 5.54. The number of aliphatic hydroxyl groups excluding tert-OH is 1. The predicted molar refractivity (Wildman–Crippen MR) is 77.9 cm³/mol. The zero-order chi connectivity index (χ0) is 16.3. The minimum absolute atomic E-state index is 0.0135. The van der Waals surface area contributed by atoms with Gasteiger partial charge in [-0.15, -0.1) is 0 Å². The first-order valence-electron chi connectivity index (χ1n) is 7.15. The lowest BCUT2D eigenvalue weighted by atomic mass is 10.1. The van der Waals surface area contributed by atoms with E-state index in [0.717, 1.165) is 31.4 Å². The Morgan fingerprint density at radius 2 is 2.05 bits per heavy atom. The van der Waals surface area contributed by atoms with E-state index in [9.17, 15) is 18.7 Å². The molecule has 7 heteroatoms. The Hall–Kier alpha value is -1.89. The number of hydrogen-bond acceptors (Lipinski definition) is 3. The predicted octanol–water partition coefficient (Wildman–Crippen LogP) is 2.60. The number of amides is 2. The van der Waals surface area contributed by atoms with E-state index < -0.39 is 29.5 Å². The molecule has 1 aromatic carbocycles. The smallest absolute Gasteiger partial charge is 0.321 e. The molecular formula is C15H20F2N2O3. The van der Waals surface area contributed by atoms with Gasteiger partial charge >= 0.3 is 6.03 Å². The number of benzene rings is 1. The number of aliphatic hydroxyl groups is 1. The first-order chi connectivity index (χ1) is 10.4. The van der Waals surface area contributed by atoms with Crippen LogP contribution in [0.4, 0.5) is 19.3 Å². The van der Waals surface area contributed by atoms with Crippen LogP contribution in [0.3, 0.4) is 0 Å². The molecule has 1 aliphatic carbocycles. The van der Waals surface area contributed by atoms with E-state index in [0.29, 0.717) is 6.54 Å². The van der Waals surface area contributed by atoms with Crippen LogP contribution in [0.25, 0.3) is 0 Å². The molecule has 1 aromatic rings. The van der Waals surface area contributed by atoms with Gasteiger partial charge in [-0.25, -0.2) is 13.6 Å². The van der Waals surface area contributed by atoms with Gasteiger partial charge < -0.3 is 20.1 Å². The summed E-state index contributed by atoms with van der Waals surface area (Å²) in [5.41, 5.74) is 0.0135. The number of urea groups is 1. The topological polar surface area (TPSA) is 61.8 Å². The summed E-state index contributed by atoms with van der Waals surface area (Å²) in [4.78, 5) is 13.4. The second-order valence-electron chi connectivity index (χ2n) is 5.54. The van der Waals surface area contributed by atoms with Gasteiger partial charge in [0.2, 0.25) is 0 Å². The third-order valence-corrected chi connectivity index (χ3v) is 3.93. The fraction of sp³-hybridized carbons (Fsp3) is 0.533. The van der Waals surface area contributed by atoms with Crippen molar-refractivity contribution in [1.29, 1.82) is 0 Å². The summed E-state index contributed by atoms with van der Waals surface area (Å²) < 4.78 is 31.7. The Morgan fingerprint density at radius 3 is 2.55 bits per heavy atom. The number of nitrogens with zero attached hydrogens (tertiary/aromatic N) is 1. The first-order valence-corrected chi connectivity index (χ1v) is 7.15. The van der Waals surface area contributed by atoms with Crippen LogP contribution in [0, 0.1) is 17.6 Å². The van der Waals surface area contributed by atoms with Gasteiger partial charge in [0.15, 0.2) is 17.4 Å². The lowest BCUT2D eigenvalue weighted by Crippen LogP contribution is -2.37. The Labute approximate surface area is 127 Å². The number of carbonyl (C=O) groups is 1. The molecule has 2 atom stereocenters. The standard InChI is InChI=1S/C15H20F2N2O3/c1-19(8-9-4-3-5-13(9)20)15(21)18-10-6-11(16)14(22-2)12(17)7-10/h6-7,9,13,20H,3-5,8H2,1-2H3,(H,18,21). The van der Waals surface area contributed by atoms with Crippen molar-refractivity contribution in [2.45, 2.75) is 25.4 Å². The SMILES string of the molecule is COc1c(F)cc(NC(=O)N(C)CC2CCCC2O)cc1F. The summed E-state index contributed by atoms with van der Waals surface area (Å²) in [5.74, 6) is -2.21. The number of halogens is 2. The molecule has 2 rings (SSSR count). The number of hydrogen-bond donors (Lipinski definition) is 2. The van der Waals surface area contributed by atoms with Crippen LogP contribution in [0.15, 0.2) is 12.1 Å². The third-order valence-electron chi connectivity index (χ3n) is 3.93. The summed E-state index contributed by atoms with van der Waals surface area (Å²) in [6.45, 7) is 0.397. The first kappa shape index (κ1) is 16.5. The Kier molecular flexibility index (Phi) is 5.18. The van der Waals surface area contributed by atoms with Crippen LogP contribution in [0.1, 0.15) is 19.3 Å². The molecule has 1 saturated carbocycles. The highest BCUT2D eigenvalue weighted by Gasteiger charge is 2.27. The molecule has 0 aromatic heterocycles. The van der Waals surface area contributed by atoms with Gasteiger partial charge in [-0.3, -0.25) is 0 Å². The lowest BCUT2D eigenvalue weighted by Gasteiger charge is -2.23. The number of rotatable bonds is 4. The van der Waals surface area contributed by atoms with E-state index in [1.165, 1.54) is 12.0 Å². The van der Waals surface area contributed by atoms with Crippen LogP contribution >= 0.6 is 0 Å². The van der Waals surface area contributed by atoms with E-state index in [4.69, 9.17) is 0 Å². The van der Waals surface area contributed by atoms with Crippen LogP contribution < -0.4 is 10.1 Å². The summed E-state index contributed by atoms with van der Waals surface area (Å²) >= 11 is 0. The van der Waals surface area contributed by atoms with E-state index in [-0.39, 0.29) is 11.6 Å². The summed E-state index contributed by atoms with van der Waals surface area (Å²) in [7, 11) is 2.75.